The van der Waals surface area contributed by atoms with Crippen molar-refractivity contribution in [2.45, 2.75) is 5.88 Å². The smallest absolute Gasteiger partial charge is 0.288 e. The fourth-order valence-corrected chi connectivity index (χ4v) is 1.45. The highest BCUT2D eigenvalue weighted by atomic mass is 35.5. The number of alkyl halides is 1. The molecule has 0 N–H and O–H groups in total. The predicted octanol–water partition coefficient (Wildman–Crippen LogP) is 3.00. The zero-order valence-electron chi connectivity index (χ0n) is 7.29. The monoisotopic (exact) mass is 235 g/mol. The van der Waals surface area contributed by atoms with E-state index in [-0.39, 0.29) is 16.6 Å². The van der Waals surface area contributed by atoms with Gasteiger partial charge in [0.1, 0.15) is 10.8 Å². The Hall–Kier alpha value is -1.00. The lowest BCUT2D eigenvalue weighted by Gasteiger charge is -2.06. The molecular weight excluding hydrogens is 229 g/mol. The van der Waals surface area contributed by atoms with E-state index in [4.69, 9.17) is 27.9 Å². The molecule has 0 bridgehead atoms. The highest BCUT2D eigenvalue weighted by Crippen LogP contribution is 2.32. The number of rotatable bonds is 3. The Morgan fingerprint density at radius 2 is 2.21 bits per heavy atom. The zero-order chi connectivity index (χ0) is 10.7. The number of nitrogens with zero attached hydrogens (tertiary/aromatic N) is 1. The molecule has 0 saturated carbocycles. The van der Waals surface area contributed by atoms with Gasteiger partial charge in [-0.05, 0) is 0 Å². The van der Waals surface area contributed by atoms with Crippen molar-refractivity contribution in [2.75, 3.05) is 7.11 Å². The van der Waals surface area contributed by atoms with Crippen LogP contribution in [0.5, 0.6) is 5.75 Å². The van der Waals surface area contributed by atoms with Crippen molar-refractivity contribution in [3.8, 4) is 5.75 Å². The van der Waals surface area contributed by atoms with Crippen molar-refractivity contribution >= 4 is 28.9 Å². The van der Waals surface area contributed by atoms with Gasteiger partial charge in [0.2, 0.25) is 0 Å². The number of ether oxygens (including phenoxy) is 1. The summed E-state index contributed by atoms with van der Waals surface area (Å²) in [6.07, 6.45) is 0. The van der Waals surface area contributed by atoms with E-state index in [1.54, 1.807) is 0 Å². The SMILES string of the molecule is COc1cc(Cl)c([N+](=O)[O-])cc1CCl. The van der Waals surface area contributed by atoms with Crippen LogP contribution in [0.25, 0.3) is 0 Å². The lowest BCUT2D eigenvalue weighted by atomic mass is 10.2. The van der Waals surface area contributed by atoms with E-state index in [1.165, 1.54) is 19.2 Å². The van der Waals surface area contributed by atoms with Crippen LogP contribution in [-0.4, -0.2) is 12.0 Å². The average molecular weight is 236 g/mol. The van der Waals surface area contributed by atoms with E-state index in [9.17, 15) is 10.1 Å². The molecule has 14 heavy (non-hydrogen) atoms. The van der Waals surface area contributed by atoms with Crippen molar-refractivity contribution in [3.63, 3.8) is 0 Å². The van der Waals surface area contributed by atoms with Crippen LogP contribution in [0.2, 0.25) is 5.02 Å². The van der Waals surface area contributed by atoms with Gasteiger partial charge < -0.3 is 4.74 Å². The molecule has 0 saturated heterocycles. The Labute approximate surface area is 90.5 Å². The minimum atomic E-state index is -0.558. The third-order valence-corrected chi connectivity index (χ3v) is 2.28. The molecule has 0 aromatic heterocycles. The van der Waals surface area contributed by atoms with E-state index in [1.807, 2.05) is 0 Å². The van der Waals surface area contributed by atoms with E-state index in [0.29, 0.717) is 11.3 Å². The van der Waals surface area contributed by atoms with Crippen molar-refractivity contribution in [1.29, 1.82) is 0 Å². The maximum atomic E-state index is 10.5. The number of nitro benzene ring substituents is 1. The van der Waals surface area contributed by atoms with Crippen molar-refractivity contribution in [3.05, 3.63) is 32.8 Å². The summed E-state index contributed by atoms with van der Waals surface area (Å²) in [7, 11) is 1.45. The molecule has 1 rings (SSSR count). The molecule has 0 atom stereocenters. The largest absolute Gasteiger partial charge is 0.496 e. The Balaban J connectivity index is 3.30. The van der Waals surface area contributed by atoms with Gasteiger partial charge in [0.15, 0.2) is 0 Å². The van der Waals surface area contributed by atoms with Crippen LogP contribution >= 0.6 is 23.2 Å². The van der Waals surface area contributed by atoms with Gasteiger partial charge in [-0.15, -0.1) is 11.6 Å². The lowest BCUT2D eigenvalue weighted by molar-refractivity contribution is -0.384. The van der Waals surface area contributed by atoms with Crippen LogP contribution < -0.4 is 4.74 Å². The van der Waals surface area contributed by atoms with E-state index >= 15 is 0 Å². The number of methoxy groups -OCH3 is 1. The van der Waals surface area contributed by atoms with E-state index < -0.39 is 4.92 Å². The fourth-order valence-electron chi connectivity index (χ4n) is 1.02. The Morgan fingerprint density at radius 3 is 2.64 bits per heavy atom. The number of halogens is 2. The first-order valence-corrected chi connectivity index (χ1v) is 4.58. The Kier molecular flexibility index (Phi) is 3.55. The van der Waals surface area contributed by atoms with Gasteiger partial charge >= 0.3 is 0 Å². The van der Waals surface area contributed by atoms with Gasteiger partial charge in [-0.25, -0.2) is 0 Å². The normalized spacial score (nSPS) is 9.93. The van der Waals surface area contributed by atoms with Gasteiger partial charge in [0.25, 0.3) is 5.69 Å². The van der Waals surface area contributed by atoms with Crippen molar-refractivity contribution in [2.24, 2.45) is 0 Å². The summed E-state index contributed by atoms with van der Waals surface area (Å²) in [5, 5.41) is 10.6. The minimum Gasteiger partial charge on any atom is -0.496 e. The first-order valence-electron chi connectivity index (χ1n) is 3.67. The van der Waals surface area contributed by atoms with Crippen LogP contribution in [0.15, 0.2) is 12.1 Å². The highest BCUT2D eigenvalue weighted by Gasteiger charge is 2.16. The zero-order valence-corrected chi connectivity index (χ0v) is 8.80. The first-order chi connectivity index (χ1) is 6.60. The van der Waals surface area contributed by atoms with Gasteiger partial charge in [-0.3, -0.25) is 10.1 Å². The topological polar surface area (TPSA) is 52.4 Å². The molecule has 0 aliphatic rings. The Morgan fingerprint density at radius 1 is 1.57 bits per heavy atom. The number of nitro groups is 1. The molecule has 4 nitrogen and oxygen atoms in total. The van der Waals surface area contributed by atoms with Gasteiger partial charge in [-0.2, -0.15) is 0 Å². The van der Waals surface area contributed by atoms with Gasteiger partial charge in [-0.1, -0.05) is 11.6 Å². The molecule has 0 amide bonds. The van der Waals surface area contributed by atoms with Crippen LogP contribution in [0.1, 0.15) is 5.56 Å². The first kappa shape index (κ1) is 11.1. The second-order valence-corrected chi connectivity index (χ2v) is 3.18. The molecule has 0 heterocycles. The molecule has 0 unspecified atom stereocenters. The molecule has 0 spiro atoms. The third-order valence-electron chi connectivity index (χ3n) is 1.69. The Bertz CT molecular complexity index is 368. The van der Waals surface area contributed by atoms with Crippen molar-refractivity contribution in [1.82, 2.24) is 0 Å². The molecule has 0 radical (unpaired) electrons. The third kappa shape index (κ3) is 2.08. The molecule has 1 aromatic carbocycles. The summed E-state index contributed by atoms with van der Waals surface area (Å²) >= 11 is 11.3. The summed E-state index contributed by atoms with van der Waals surface area (Å²) in [4.78, 5) is 9.97. The molecule has 6 heteroatoms. The van der Waals surface area contributed by atoms with Crippen LogP contribution in [0, 0.1) is 10.1 Å². The summed E-state index contributed by atoms with van der Waals surface area (Å²) in [6, 6.07) is 2.70. The second kappa shape index (κ2) is 4.48. The van der Waals surface area contributed by atoms with Crippen LogP contribution in [-0.2, 0) is 5.88 Å². The number of benzene rings is 1. The molecular formula is C8H7Cl2NO3. The number of hydrogen-bond donors (Lipinski definition) is 0. The number of hydrogen-bond acceptors (Lipinski definition) is 3. The summed E-state index contributed by atoms with van der Waals surface area (Å²) < 4.78 is 4.96. The molecule has 0 fully saturated rings. The fraction of sp³-hybridized carbons (Fsp3) is 0.250. The maximum absolute atomic E-state index is 10.5. The molecule has 1 aromatic rings. The quantitative estimate of drug-likeness (QED) is 0.460. The van der Waals surface area contributed by atoms with Crippen LogP contribution in [0.4, 0.5) is 5.69 Å². The summed E-state index contributed by atoms with van der Waals surface area (Å²) in [6.45, 7) is 0. The van der Waals surface area contributed by atoms with E-state index in [0.717, 1.165) is 0 Å². The standard InChI is InChI=1S/C8H7Cl2NO3/c1-14-8-3-6(10)7(11(12)13)2-5(8)4-9/h2-3H,4H2,1H3. The van der Waals surface area contributed by atoms with Gasteiger partial charge in [0, 0.05) is 17.7 Å². The highest BCUT2D eigenvalue weighted by molar-refractivity contribution is 6.32. The molecule has 0 aliphatic carbocycles. The van der Waals surface area contributed by atoms with Gasteiger partial charge in [0.05, 0.1) is 17.9 Å². The summed E-state index contributed by atoms with van der Waals surface area (Å²) in [5.41, 5.74) is 0.383. The lowest BCUT2D eigenvalue weighted by Crippen LogP contribution is -1.94. The molecule has 0 aliphatic heterocycles. The van der Waals surface area contributed by atoms with E-state index in [2.05, 4.69) is 0 Å². The average Bonchev–Trinajstić information content (AvgIpc) is 2.16. The second-order valence-electron chi connectivity index (χ2n) is 2.51. The molecule has 76 valence electrons. The summed E-state index contributed by atoms with van der Waals surface area (Å²) in [5.74, 6) is 0.594. The van der Waals surface area contributed by atoms with Crippen molar-refractivity contribution < 1.29 is 9.66 Å². The minimum absolute atomic E-state index is 0.0423. The predicted molar refractivity (Wildman–Crippen MR) is 54.2 cm³/mol. The van der Waals surface area contributed by atoms with Crippen LogP contribution in [0.3, 0.4) is 0 Å². The maximum Gasteiger partial charge on any atom is 0.288 e.